The van der Waals surface area contributed by atoms with Gasteiger partial charge in [0.1, 0.15) is 6.61 Å². The molecule has 0 spiro atoms. The van der Waals surface area contributed by atoms with Gasteiger partial charge in [0.15, 0.2) is 5.75 Å². The maximum atomic E-state index is 12.2. The van der Waals surface area contributed by atoms with Gasteiger partial charge >= 0.3 is 5.97 Å². The molecule has 3 aromatic rings. The van der Waals surface area contributed by atoms with E-state index in [0.717, 1.165) is 0 Å². The number of esters is 1. The van der Waals surface area contributed by atoms with Crippen LogP contribution in [-0.4, -0.2) is 33.0 Å². The first-order valence-electron chi connectivity index (χ1n) is 7.28. The Labute approximate surface area is 148 Å². The van der Waals surface area contributed by atoms with Crippen LogP contribution in [0.15, 0.2) is 48.8 Å². The smallest absolute Gasteiger partial charge is 0.363 e. The number of benzene rings is 1. The van der Waals surface area contributed by atoms with Crippen LogP contribution in [0.2, 0.25) is 5.02 Å². The summed E-state index contributed by atoms with van der Waals surface area (Å²) < 4.78 is 11.6. The number of aromatic nitrogens is 3. The van der Waals surface area contributed by atoms with Crippen molar-refractivity contribution in [3.05, 3.63) is 65.1 Å². The van der Waals surface area contributed by atoms with Gasteiger partial charge in [-0.25, -0.2) is 14.5 Å². The van der Waals surface area contributed by atoms with Gasteiger partial charge in [0, 0.05) is 11.2 Å². The van der Waals surface area contributed by atoms with Crippen molar-refractivity contribution >= 4 is 17.6 Å². The normalized spacial score (nSPS) is 10.5. The number of pyridine rings is 1. The number of methoxy groups -OCH3 is 1. The van der Waals surface area contributed by atoms with Crippen molar-refractivity contribution in [1.82, 2.24) is 14.8 Å². The third kappa shape index (κ3) is 3.72. The molecule has 8 heteroatoms. The molecule has 0 bridgehead atoms. The molecular formula is C17H14ClN3O4. The largest absolute Gasteiger partial charge is 0.504 e. The fraction of sp³-hybridized carbons (Fsp3) is 0.118. The van der Waals surface area contributed by atoms with Crippen LogP contribution in [0.1, 0.15) is 16.1 Å². The van der Waals surface area contributed by atoms with Gasteiger partial charge in [-0.3, -0.25) is 0 Å². The molecule has 1 N–H and O–H groups in total. The van der Waals surface area contributed by atoms with E-state index < -0.39 is 5.97 Å². The number of aromatic hydroxyl groups is 1. The first-order valence-corrected chi connectivity index (χ1v) is 7.66. The molecule has 0 radical (unpaired) electrons. The summed E-state index contributed by atoms with van der Waals surface area (Å²) in [5.41, 5.74) is 1.02. The molecule has 25 heavy (non-hydrogen) atoms. The monoisotopic (exact) mass is 359 g/mol. The van der Waals surface area contributed by atoms with E-state index in [4.69, 9.17) is 21.1 Å². The van der Waals surface area contributed by atoms with E-state index in [1.54, 1.807) is 42.6 Å². The molecule has 0 atom stereocenters. The first-order chi connectivity index (χ1) is 12.1. The standard InChI is InChI=1S/C17H14ClN3O4/c1-24-16-11(4-3-7-19-16)10-25-17(23)15-14(22)9-21(20-15)13-6-2-5-12(18)8-13/h2-9,22H,10H2,1H3. The molecule has 0 fully saturated rings. The second kappa shape index (κ2) is 7.23. The van der Waals surface area contributed by atoms with Crippen LogP contribution < -0.4 is 4.74 Å². The van der Waals surface area contributed by atoms with Gasteiger partial charge < -0.3 is 14.6 Å². The van der Waals surface area contributed by atoms with Gasteiger partial charge in [-0.1, -0.05) is 17.7 Å². The van der Waals surface area contributed by atoms with Crippen LogP contribution in [0.3, 0.4) is 0 Å². The van der Waals surface area contributed by atoms with Crippen molar-refractivity contribution in [3.8, 4) is 17.3 Å². The summed E-state index contributed by atoms with van der Waals surface area (Å²) in [6.45, 7) is -0.0562. The lowest BCUT2D eigenvalue weighted by Gasteiger charge is -2.07. The van der Waals surface area contributed by atoms with E-state index in [9.17, 15) is 9.90 Å². The van der Waals surface area contributed by atoms with Crippen molar-refractivity contribution in [2.45, 2.75) is 6.61 Å². The van der Waals surface area contributed by atoms with E-state index in [1.165, 1.54) is 18.0 Å². The van der Waals surface area contributed by atoms with Crippen molar-refractivity contribution in [3.63, 3.8) is 0 Å². The second-order valence-corrected chi connectivity index (χ2v) is 5.47. The first kappa shape index (κ1) is 16.8. The average molecular weight is 360 g/mol. The molecule has 3 rings (SSSR count). The summed E-state index contributed by atoms with van der Waals surface area (Å²) in [5.74, 6) is -0.684. The minimum atomic E-state index is -0.760. The molecule has 0 aliphatic carbocycles. The number of carbonyl (C=O) groups excluding carboxylic acids is 1. The minimum absolute atomic E-state index is 0.0562. The Bertz CT molecular complexity index is 910. The van der Waals surface area contributed by atoms with E-state index in [1.807, 2.05) is 0 Å². The summed E-state index contributed by atoms with van der Waals surface area (Å²) in [6, 6.07) is 10.3. The average Bonchev–Trinajstić information content (AvgIpc) is 3.02. The molecule has 128 valence electrons. The lowest BCUT2D eigenvalue weighted by molar-refractivity contribution is 0.0459. The number of ether oxygens (including phenoxy) is 2. The third-order valence-electron chi connectivity index (χ3n) is 3.36. The summed E-state index contributed by atoms with van der Waals surface area (Å²) in [5, 5.41) is 14.6. The van der Waals surface area contributed by atoms with E-state index in [2.05, 4.69) is 10.1 Å². The summed E-state index contributed by atoms with van der Waals surface area (Å²) in [7, 11) is 1.48. The highest BCUT2D eigenvalue weighted by molar-refractivity contribution is 6.30. The minimum Gasteiger partial charge on any atom is -0.504 e. The highest BCUT2D eigenvalue weighted by Crippen LogP contribution is 2.22. The zero-order chi connectivity index (χ0) is 17.8. The van der Waals surface area contributed by atoms with Crippen LogP contribution in [0.4, 0.5) is 0 Å². The van der Waals surface area contributed by atoms with Gasteiger partial charge in [0.2, 0.25) is 11.6 Å². The third-order valence-corrected chi connectivity index (χ3v) is 3.60. The number of nitrogens with zero attached hydrogens (tertiary/aromatic N) is 3. The Morgan fingerprint density at radius 3 is 2.92 bits per heavy atom. The Morgan fingerprint density at radius 2 is 2.16 bits per heavy atom. The quantitative estimate of drug-likeness (QED) is 0.705. The molecule has 0 unspecified atom stereocenters. The topological polar surface area (TPSA) is 86.5 Å². The predicted molar refractivity (Wildman–Crippen MR) is 90.1 cm³/mol. The van der Waals surface area contributed by atoms with Gasteiger partial charge in [0.05, 0.1) is 24.6 Å². The second-order valence-electron chi connectivity index (χ2n) is 5.04. The van der Waals surface area contributed by atoms with Crippen molar-refractivity contribution in [2.24, 2.45) is 0 Å². The lowest BCUT2D eigenvalue weighted by atomic mass is 10.3. The van der Waals surface area contributed by atoms with Crippen LogP contribution in [0.25, 0.3) is 5.69 Å². The van der Waals surface area contributed by atoms with Crippen LogP contribution in [0, 0.1) is 0 Å². The number of halogens is 1. The SMILES string of the molecule is COc1ncccc1COC(=O)c1nn(-c2cccc(Cl)c2)cc1O. The maximum absolute atomic E-state index is 12.2. The molecule has 0 amide bonds. The van der Waals surface area contributed by atoms with E-state index in [0.29, 0.717) is 22.2 Å². The molecule has 0 saturated heterocycles. The Morgan fingerprint density at radius 1 is 1.32 bits per heavy atom. The highest BCUT2D eigenvalue weighted by atomic mass is 35.5. The summed E-state index contributed by atoms with van der Waals surface area (Å²) >= 11 is 5.94. The van der Waals surface area contributed by atoms with Gasteiger partial charge in [-0.2, -0.15) is 5.10 Å². The molecule has 0 saturated carbocycles. The van der Waals surface area contributed by atoms with Crippen molar-refractivity contribution in [2.75, 3.05) is 7.11 Å². The maximum Gasteiger partial charge on any atom is 0.363 e. The fourth-order valence-electron chi connectivity index (χ4n) is 2.19. The van der Waals surface area contributed by atoms with E-state index in [-0.39, 0.29) is 18.1 Å². The number of hydrogen-bond acceptors (Lipinski definition) is 6. The van der Waals surface area contributed by atoms with Crippen LogP contribution >= 0.6 is 11.6 Å². The molecule has 2 heterocycles. The van der Waals surface area contributed by atoms with E-state index >= 15 is 0 Å². The van der Waals surface area contributed by atoms with Gasteiger partial charge in [0.25, 0.3) is 0 Å². The fourth-order valence-corrected chi connectivity index (χ4v) is 2.38. The van der Waals surface area contributed by atoms with Crippen molar-refractivity contribution in [1.29, 1.82) is 0 Å². The molecular weight excluding hydrogens is 346 g/mol. The molecule has 7 nitrogen and oxygen atoms in total. The van der Waals surface area contributed by atoms with Crippen LogP contribution in [-0.2, 0) is 11.3 Å². The number of carbonyl (C=O) groups is 1. The molecule has 2 aromatic heterocycles. The Balaban J connectivity index is 1.77. The summed E-state index contributed by atoms with van der Waals surface area (Å²) in [4.78, 5) is 16.2. The molecule has 0 aliphatic rings. The highest BCUT2D eigenvalue weighted by Gasteiger charge is 2.19. The lowest BCUT2D eigenvalue weighted by Crippen LogP contribution is -2.08. The molecule has 0 aliphatic heterocycles. The zero-order valence-corrected chi connectivity index (χ0v) is 14.0. The number of hydrogen-bond donors (Lipinski definition) is 1. The molecule has 1 aromatic carbocycles. The predicted octanol–water partition coefficient (Wildman–Crippen LogP) is 2.99. The van der Waals surface area contributed by atoms with Gasteiger partial charge in [-0.15, -0.1) is 0 Å². The zero-order valence-electron chi connectivity index (χ0n) is 13.2. The van der Waals surface area contributed by atoms with Gasteiger partial charge in [-0.05, 0) is 30.3 Å². The van der Waals surface area contributed by atoms with Crippen LogP contribution in [0.5, 0.6) is 11.6 Å². The Kier molecular flexibility index (Phi) is 4.85. The van der Waals surface area contributed by atoms with Crippen molar-refractivity contribution < 1.29 is 19.4 Å². The Hall–Kier alpha value is -3.06. The number of rotatable bonds is 5. The summed E-state index contributed by atoms with van der Waals surface area (Å²) in [6.07, 6.45) is 2.88.